The van der Waals surface area contributed by atoms with E-state index in [-0.39, 0.29) is 0 Å². The van der Waals surface area contributed by atoms with Crippen LogP contribution in [0.15, 0.2) is 30.5 Å². The maximum absolute atomic E-state index is 5.49. The standard InChI is InChI=1S/C13H13NO/c1-9-5-6-10-8-11-4-3-7-14(11)12(10)13(9)15-2/h3-7H,8H2,1-2H3. The molecule has 0 N–H and O–H groups in total. The van der Waals surface area contributed by atoms with Crippen molar-refractivity contribution in [2.75, 3.05) is 7.11 Å². The van der Waals surface area contributed by atoms with Crippen molar-refractivity contribution < 1.29 is 4.74 Å². The molecule has 15 heavy (non-hydrogen) atoms. The van der Waals surface area contributed by atoms with Gasteiger partial charge in [-0.25, -0.2) is 0 Å². The maximum atomic E-state index is 5.49. The van der Waals surface area contributed by atoms with Crippen molar-refractivity contribution in [1.29, 1.82) is 0 Å². The summed E-state index contributed by atoms with van der Waals surface area (Å²) in [6.45, 7) is 2.08. The van der Waals surface area contributed by atoms with Gasteiger partial charge in [0.2, 0.25) is 0 Å². The van der Waals surface area contributed by atoms with E-state index in [4.69, 9.17) is 4.74 Å². The molecule has 0 aliphatic carbocycles. The molecular formula is C13H13NO. The molecule has 2 heterocycles. The zero-order chi connectivity index (χ0) is 10.4. The van der Waals surface area contributed by atoms with Crippen LogP contribution in [0.4, 0.5) is 0 Å². The summed E-state index contributed by atoms with van der Waals surface area (Å²) < 4.78 is 7.72. The first-order chi connectivity index (χ1) is 7.31. The van der Waals surface area contributed by atoms with Crippen molar-refractivity contribution in [2.24, 2.45) is 0 Å². The Bertz CT molecular complexity index is 525. The summed E-state index contributed by atoms with van der Waals surface area (Å²) in [6.07, 6.45) is 3.11. The van der Waals surface area contributed by atoms with Crippen molar-refractivity contribution >= 4 is 0 Å². The van der Waals surface area contributed by atoms with Crippen LogP contribution in [0.25, 0.3) is 5.69 Å². The average molecular weight is 199 g/mol. The smallest absolute Gasteiger partial charge is 0.146 e. The van der Waals surface area contributed by atoms with E-state index in [1.54, 1.807) is 7.11 Å². The number of aryl methyl sites for hydroxylation is 1. The van der Waals surface area contributed by atoms with Crippen molar-refractivity contribution in [3.63, 3.8) is 0 Å². The lowest BCUT2D eigenvalue weighted by Gasteiger charge is -2.11. The second-order valence-electron chi connectivity index (χ2n) is 3.97. The van der Waals surface area contributed by atoms with Crippen LogP contribution in [-0.2, 0) is 6.42 Å². The summed E-state index contributed by atoms with van der Waals surface area (Å²) in [5.74, 6) is 1.00. The van der Waals surface area contributed by atoms with Crippen LogP contribution < -0.4 is 4.74 Å². The van der Waals surface area contributed by atoms with E-state index < -0.39 is 0 Å². The predicted molar refractivity (Wildman–Crippen MR) is 59.9 cm³/mol. The van der Waals surface area contributed by atoms with E-state index in [1.807, 2.05) is 0 Å². The zero-order valence-corrected chi connectivity index (χ0v) is 8.95. The van der Waals surface area contributed by atoms with E-state index in [9.17, 15) is 0 Å². The van der Waals surface area contributed by atoms with Gasteiger partial charge in [0, 0.05) is 18.3 Å². The molecule has 2 aromatic rings. The number of aromatic nitrogens is 1. The van der Waals surface area contributed by atoms with Gasteiger partial charge in [0.1, 0.15) is 5.75 Å². The first-order valence-electron chi connectivity index (χ1n) is 5.14. The Balaban J connectivity index is 2.33. The molecule has 0 atom stereocenters. The number of nitrogens with zero attached hydrogens (tertiary/aromatic N) is 1. The van der Waals surface area contributed by atoms with Gasteiger partial charge in [-0.2, -0.15) is 0 Å². The second-order valence-corrected chi connectivity index (χ2v) is 3.97. The van der Waals surface area contributed by atoms with Gasteiger partial charge in [-0.1, -0.05) is 12.1 Å². The highest BCUT2D eigenvalue weighted by molar-refractivity contribution is 5.62. The SMILES string of the molecule is COc1c(C)ccc2c1-n1cccc1C2. The average Bonchev–Trinajstić information content (AvgIpc) is 2.78. The highest BCUT2D eigenvalue weighted by Crippen LogP contribution is 2.37. The van der Waals surface area contributed by atoms with Crippen LogP contribution >= 0.6 is 0 Å². The van der Waals surface area contributed by atoms with Crippen molar-refractivity contribution in [3.05, 3.63) is 47.3 Å². The lowest BCUT2D eigenvalue weighted by atomic mass is 10.1. The van der Waals surface area contributed by atoms with Crippen LogP contribution in [0.1, 0.15) is 16.8 Å². The Morgan fingerprint density at radius 1 is 1.27 bits per heavy atom. The number of fused-ring (bicyclic) bond motifs is 3. The van der Waals surface area contributed by atoms with Gasteiger partial charge in [0.05, 0.1) is 12.8 Å². The van der Waals surface area contributed by atoms with E-state index in [2.05, 4.69) is 42.0 Å². The lowest BCUT2D eigenvalue weighted by molar-refractivity contribution is 0.410. The summed E-state index contributed by atoms with van der Waals surface area (Å²) in [5, 5.41) is 0. The molecule has 0 saturated heterocycles. The number of rotatable bonds is 1. The molecule has 3 rings (SSSR count). The Morgan fingerprint density at radius 3 is 2.93 bits per heavy atom. The second kappa shape index (κ2) is 2.89. The molecule has 1 aromatic carbocycles. The summed E-state index contributed by atoms with van der Waals surface area (Å²) in [5.41, 5.74) is 5.11. The summed E-state index contributed by atoms with van der Waals surface area (Å²) in [6, 6.07) is 8.57. The minimum absolute atomic E-state index is 1.00. The van der Waals surface area contributed by atoms with Crippen LogP contribution in [0, 0.1) is 6.92 Å². The number of hydrogen-bond acceptors (Lipinski definition) is 1. The number of ether oxygens (including phenoxy) is 1. The molecule has 0 spiro atoms. The van der Waals surface area contributed by atoms with Gasteiger partial charge < -0.3 is 9.30 Å². The molecule has 1 aliphatic rings. The fourth-order valence-corrected chi connectivity index (χ4v) is 2.35. The molecule has 1 aliphatic heterocycles. The minimum Gasteiger partial charge on any atom is -0.494 e. The Labute approximate surface area is 89.1 Å². The molecule has 2 nitrogen and oxygen atoms in total. The van der Waals surface area contributed by atoms with Gasteiger partial charge >= 0.3 is 0 Å². The third kappa shape index (κ3) is 1.05. The van der Waals surface area contributed by atoms with Crippen molar-refractivity contribution in [1.82, 2.24) is 4.57 Å². The number of benzene rings is 1. The molecule has 1 aromatic heterocycles. The van der Waals surface area contributed by atoms with Gasteiger partial charge in [-0.3, -0.25) is 0 Å². The molecule has 0 saturated carbocycles. The van der Waals surface area contributed by atoms with Crippen LogP contribution in [0.2, 0.25) is 0 Å². The van der Waals surface area contributed by atoms with Gasteiger partial charge in [0.15, 0.2) is 0 Å². The minimum atomic E-state index is 1.00. The van der Waals surface area contributed by atoms with Crippen LogP contribution in [0.5, 0.6) is 5.75 Å². The molecule has 0 amide bonds. The monoisotopic (exact) mass is 199 g/mol. The summed E-state index contributed by atoms with van der Waals surface area (Å²) in [7, 11) is 1.74. The molecule has 2 heteroatoms. The van der Waals surface area contributed by atoms with Crippen molar-refractivity contribution in [3.8, 4) is 11.4 Å². The third-order valence-electron chi connectivity index (χ3n) is 3.06. The highest BCUT2D eigenvalue weighted by atomic mass is 16.5. The largest absolute Gasteiger partial charge is 0.494 e. The quantitative estimate of drug-likeness (QED) is 0.587. The maximum Gasteiger partial charge on any atom is 0.146 e. The Hall–Kier alpha value is -1.70. The van der Waals surface area contributed by atoms with Gasteiger partial charge in [-0.15, -0.1) is 0 Å². The van der Waals surface area contributed by atoms with E-state index in [0.29, 0.717) is 0 Å². The first-order valence-corrected chi connectivity index (χ1v) is 5.14. The molecule has 76 valence electrons. The lowest BCUT2D eigenvalue weighted by Crippen LogP contribution is -1.97. The molecule has 0 fully saturated rings. The topological polar surface area (TPSA) is 14.2 Å². The van der Waals surface area contributed by atoms with Crippen LogP contribution in [-0.4, -0.2) is 11.7 Å². The fraction of sp³-hybridized carbons (Fsp3) is 0.231. The van der Waals surface area contributed by atoms with Gasteiger partial charge in [-0.05, 0) is 30.2 Å². The molecule has 0 radical (unpaired) electrons. The summed E-state index contributed by atoms with van der Waals surface area (Å²) in [4.78, 5) is 0. The molecular weight excluding hydrogens is 186 g/mol. The normalized spacial score (nSPS) is 12.4. The Kier molecular flexibility index (Phi) is 1.66. The van der Waals surface area contributed by atoms with Crippen LogP contribution in [0.3, 0.4) is 0 Å². The Morgan fingerprint density at radius 2 is 2.13 bits per heavy atom. The molecule has 0 unspecified atom stereocenters. The van der Waals surface area contributed by atoms with Crippen molar-refractivity contribution in [2.45, 2.75) is 13.3 Å². The number of hydrogen-bond donors (Lipinski definition) is 0. The third-order valence-corrected chi connectivity index (χ3v) is 3.06. The summed E-state index contributed by atoms with van der Waals surface area (Å²) >= 11 is 0. The van der Waals surface area contributed by atoms with Gasteiger partial charge in [0.25, 0.3) is 0 Å². The fourth-order valence-electron chi connectivity index (χ4n) is 2.35. The molecule has 0 bridgehead atoms. The number of methoxy groups -OCH3 is 1. The first kappa shape index (κ1) is 8.60. The highest BCUT2D eigenvalue weighted by Gasteiger charge is 2.21. The van der Waals surface area contributed by atoms with E-state index in [1.165, 1.54) is 22.5 Å². The predicted octanol–water partition coefficient (Wildman–Crippen LogP) is 2.70. The zero-order valence-electron chi connectivity index (χ0n) is 8.95. The van der Waals surface area contributed by atoms with E-state index >= 15 is 0 Å². The van der Waals surface area contributed by atoms with E-state index in [0.717, 1.165) is 12.2 Å².